The standard InChI is InChI=1S/C21H28N2O/c1-20(2,24)16-9-21(10-16)11-17(12-21)23-13-15-4-3-7-22-18(15)8-19(23)14-5-6-14/h3-4,7-8,14,16-17,24H,5-6,9-13H2,1-2H3. The SMILES string of the molecule is CC(C)(O)C1CC2(CC(N3Cc4cccnc4C=C3C3CC3)C2)C1. The van der Waals surface area contributed by atoms with Crippen molar-refractivity contribution in [3.8, 4) is 0 Å². The number of aromatic nitrogens is 1. The van der Waals surface area contributed by atoms with Gasteiger partial charge in [0.15, 0.2) is 0 Å². The summed E-state index contributed by atoms with van der Waals surface area (Å²) in [6, 6.07) is 5.00. The summed E-state index contributed by atoms with van der Waals surface area (Å²) in [5.74, 6) is 1.28. The zero-order chi connectivity index (χ0) is 16.5. The van der Waals surface area contributed by atoms with E-state index in [1.165, 1.54) is 49.8 Å². The van der Waals surface area contributed by atoms with E-state index >= 15 is 0 Å². The molecule has 3 saturated carbocycles. The average Bonchev–Trinajstić information content (AvgIpc) is 3.26. The summed E-state index contributed by atoms with van der Waals surface area (Å²) in [7, 11) is 0. The highest BCUT2D eigenvalue weighted by Gasteiger charge is 2.57. The molecular formula is C21H28N2O. The number of rotatable bonds is 3. The summed E-state index contributed by atoms with van der Waals surface area (Å²) >= 11 is 0. The van der Waals surface area contributed by atoms with Crippen molar-refractivity contribution in [1.82, 2.24) is 9.88 Å². The maximum absolute atomic E-state index is 10.2. The van der Waals surface area contributed by atoms with Crippen molar-refractivity contribution in [1.29, 1.82) is 0 Å². The van der Waals surface area contributed by atoms with E-state index in [2.05, 4.69) is 28.1 Å². The van der Waals surface area contributed by atoms with Crippen LogP contribution < -0.4 is 0 Å². The highest BCUT2D eigenvalue weighted by molar-refractivity contribution is 5.56. The molecule has 0 unspecified atom stereocenters. The van der Waals surface area contributed by atoms with Gasteiger partial charge in [-0.3, -0.25) is 4.98 Å². The minimum atomic E-state index is -0.495. The van der Waals surface area contributed by atoms with Gasteiger partial charge in [0, 0.05) is 24.5 Å². The van der Waals surface area contributed by atoms with Crippen LogP contribution in [0.1, 0.15) is 63.6 Å². The molecule has 1 aromatic heterocycles. The fourth-order valence-electron chi connectivity index (χ4n) is 5.26. The molecule has 3 heteroatoms. The van der Waals surface area contributed by atoms with E-state index in [-0.39, 0.29) is 0 Å². The van der Waals surface area contributed by atoms with Crippen LogP contribution in [-0.2, 0) is 6.54 Å². The second kappa shape index (κ2) is 4.85. The molecular weight excluding hydrogens is 296 g/mol. The summed E-state index contributed by atoms with van der Waals surface area (Å²) in [4.78, 5) is 7.28. The van der Waals surface area contributed by atoms with Crippen molar-refractivity contribution in [3.63, 3.8) is 0 Å². The Morgan fingerprint density at radius 1 is 1.21 bits per heavy atom. The van der Waals surface area contributed by atoms with Crippen molar-refractivity contribution < 1.29 is 5.11 Å². The summed E-state index contributed by atoms with van der Waals surface area (Å²) < 4.78 is 0. The van der Waals surface area contributed by atoms with Crippen molar-refractivity contribution >= 4 is 6.08 Å². The Balaban J connectivity index is 1.31. The molecule has 1 spiro atoms. The summed E-state index contributed by atoms with van der Waals surface area (Å²) in [6.07, 6.45) is 12.1. The second-order valence-electron chi connectivity index (χ2n) is 9.34. The molecule has 0 aromatic carbocycles. The largest absolute Gasteiger partial charge is 0.390 e. The Labute approximate surface area is 144 Å². The molecule has 0 bridgehead atoms. The van der Waals surface area contributed by atoms with Gasteiger partial charge in [0.05, 0.1) is 11.3 Å². The Morgan fingerprint density at radius 3 is 2.62 bits per heavy atom. The van der Waals surface area contributed by atoms with Gasteiger partial charge in [0.1, 0.15) is 0 Å². The van der Waals surface area contributed by atoms with E-state index in [4.69, 9.17) is 0 Å². The van der Waals surface area contributed by atoms with Crippen LogP contribution in [0.15, 0.2) is 24.0 Å². The lowest BCUT2D eigenvalue weighted by Crippen LogP contribution is -2.59. The summed E-state index contributed by atoms with van der Waals surface area (Å²) in [5, 5.41) is 10.2. The number of allylic oxidation sites excluding steroid dienone is 1. The first kappa shape index (κ1) is 14.9. The first-order chi connectivity index (χ1) is 11.4. The van der Waals surface area contributed by atoms with E-state index < -0.39 is 5.60 Å². The molecule has 1 aliphatic heterocycles. The van der Waals surface area contributed by atoms with E-state index in [9.17, 15) is 5.11 Å². The highest BCUT2D eigenvalue weighted by Crippen LogP contribution is 2.63. The number of hydrogen-bond acceptors (Lipinski definition) is 3. The monoisotopic (exact) mass is 324 g/mol. The zero-order valence-corrected chi connectivity index (χ0v) is 14.8. The summed E-state index contributed by atoms with van der Waals surface area (Å²) in [5.41, 5.74) is 4.17. The average molecular weight is 324 g/mol. The molecule has 0 radical (unpaired) electrons. The van der Waals surface area contributed by atoms with Crippen LogP contribution in [0.4, 0.5) is 0 Å². The molecule has 0 amide bonds. The summed E-state index contributed by atoms with van der Waals surface area (Å²) in [6.45, 7) is 4.99. The lowest BCUT2D eigenvalue weighted by atomic mass is 9.47. The maximum Gasteiger partial charge on any atom is 0.0696 e. The minimum absolute atomic E-state index is 0.495. The van der Waals surface area contributed by atoms with Crippen LogP contribution in [0.25, 0.3) is 6.08 Å². The Kier molecular flexibility index (Phi) is 3.02. The van der Waals surface area contributed by atoms with Crippen molar-refractivity contribution in [2.45, 2.75) is 70.6 Å². The molecule has 5 rings (SSSR count). The molecule has 1 N–H and O–H groups in total. The molecule has 4 aliphatic rings. The van der Waals surface area contributed by atoms with E-state index in [1.54, 1.807) is 5.70 Å². The first-order valence-corrected chi connectivity index (χ1v) is 9.58. The minimum Gasteiger partial charge on any atom is -0.390 e. The van der Waals surface area contributed by atoms with Crippen LogP contribution in [0, 0.1) is 17.3 Å². The quantitative estimate of drug-likeness (QED) is 0.913. The fraction of sp³-hybridized carbons (Fsp3) is 0.667. The van der Waals surface area contributed by atoms with E-state index in [0.29, 0.717) is 17.4 Å². The molecule has 0 atom stereocenters. The third-order valence-corrected chi connectivity index (χ3v) is 7.01. The van der Waals surface area contributed by atoms with Gasteiger partial charge in [-0.05, 0) is 87.3 Å². The third-order valence-electron chi connectivity index (χ3n) is 7.01. The maximum atomic E-state index is 10.2. The van der Waals surface area contributed by atoms with Gasteiger partial charge in [0.25, 0.3) is 0 Å². The van der Waals surface area contributed by atoms with Crippen LogP contribution in [-0.4, -0.2) is 26.6 Å². The van der Waals surface area contributed by atoms with Crippen LogP contribution in [0.2, 0.25) is 0 Å². The van der Waals surface area contributed by atoms with Crippen molar-refractivity contribution in [3.05, 3.63) is 35.3 Å². The third kappa shape index (κ3) is 2.32. The topological polar surface area (TPSA) is 36.4 Å². The van der Waals surface area contributed by atoms with E-state index in [0.717, 1.165) is 12.5 Å². The van der Waals surface area contributed by atoms with Gasteiger partial charge >= 0.3 is 0 Å². The van der Waals surface area contributed by atoms with Gasteiger partial charge in [0.2, 0.25) is 0 Å². The number of aliphatic hydroxyl groups is 1. The predicted molar refractivity (Wildman–Crippen MR) is 95.0 cm³/mol. The highest BCUT2D eigenvalue weighted by atomic mass is 16.3. The molecule has 0 saturated heterocycles. The number of fused-ring (bicyclic) bond motifs is 1. The number of hydrogen-bond donors (Lipinski definition) is 1. The second-order valence-corrected chi connectivity index (χ2v) is 9.34. The van der Waals surface area contributed by atoms with Gasteiger partial charge in [-0.15, -0.1) is 0 Å². The Morgan fingerprint density at radius 2 is 1.96 bits per heavy atom. The van der Waals surface area contributed by atoms with Gasteiger partial charge in [-0.25, -0.2) is 0 Å². The molecule has 2 heterocycles. The van der Waals surface area contributed by atoms with Crippen LogP contribution in [0.5, 0.6) is 0 Å². The molecule has 3 aliphatic carbocycles. The number of pyridine rings is 1. The Hall–Kier alpha value is -1.35. The molecule has 128 valence electrons. The van der Waals surface area contributed by atoms with Gasteiger partial charge in [-0.2, -0.15) is 0 Å². The van der Waals surface area contributed by atoms with E-state index in [1.807, 2.05) is 20.0 Å². The van der Waals surface area contributed by atoms with Crippen LogP contribution >= 0.6 is 0 Å². The van der Waals surface area contributed by atoms with Gasteiger partial charge < -0.3 is 10.0 Å². The fourth-order valence-corrected chi connectivity index (χ4v) is 5.26. The zero-order valence-electron chi connectivity index (χ0n) is 14.8. The first-order valence-electron chi connectivity index (χ1n) is 9.58. The lowest BCUT2D eigenvalue weighted by Gasteiger charge is -2.63. The smallest absolute Gasteiger partial charge is 0.0696 e. The normalized spacial score (nSPS) is 35.1. The lowest BCUT2D eigenvalue weighted by molar-refractivity contribution is -0.144. The predicted octanol–water partition coefficient (Wildman–Crippen LogP) is 3.98. The molecule has 24 heavy (non-hydrogen) atoms. The molecule has 1 aromatic rings. The molecule has 3 nitrogen and oxygen atoms in total. The molecule has 3 fully saturated rings. The number of nitrogens with zero attached hydrogens (tertiary/aromatic N) is 2. The van der Waals surface area contributed by atoms with Crippen molar-refractivity contribution in [2.75, 3.05) is 0 Å². The van der Waals surface area contributed by atoms with Crippen molar-refractivity contribution in [2.24, 2.45) is 17.3 Å². The van der Waals surface area contributed by atoms with Crippen LogP contribution in [0.3, 0.4) is 0 Å². The Bertz CT molecular complexity index is 684. The van der Waals surface area contributed by atoms with Gasteiger partial charge in [-0.1, -0.05) is 6.07 Å².